The predicted octanol–water partition coefficient (Wildman–Crippen LogP) is 2.79. The summed E-state index contributed by atoms with van der Waals surface area (Å²) >= 11 is 0. The molecule has 4 atom stereocenters. The number of ether oxygens (including phenoxy) is 4. The van der Waals surface area contributed by atoms with Crippen molar-refractivity contribution in [1.29, 1.82) is 5.26 Å². The average molecular weight is 559 g/mol. The second-order valence-electron chi connectivity index (χ2n) is 9.34. The van der Waals surface area contributed by atoms with Crippen LogP contribution in [0, 0.1) is 11.3 Å². The van der Waals surface area contributed by atoms with Gasteiger partial charge in [0.15, 0.2) is 35.4 Å². The number of rotatable bonds is 8. The van der Waals surface area contributed by atoms with Gasteiger partial charge < -0.3 is 24.3 Å². The zero-order valence-electron chi connectivity index (χ0n) is 22.4. The maximum atomic E-state index is 12.0. The molecule has 0 bridgehead atoms. The van der Waals surface area contributed by atoms with Crippen LogP contribution < -0.4 is 5.32 Å². The van der Waals surface area contributed by atoms with Crippen molar-refractivity contribution in [2.75, 3.05) is 11.9 Å². The smallest absolute Gasteiger partial charge is 0.303 e. The lowest BCUT2D eigenvalue weighted by Gasteiger charge is -2.23. The first-order valence-corrected chi connectivity index (χ1v) is 12.7. The highest BCUT2D eigenvalue weighted by molar-refractivity contribution is 5.87. The number of benzene rings is 2. The third-order valence-corrected chi connectivity index (χ3v) is 6.46. The summed E-state index contributed by atoms with van der Waals surface area (Å²) in [6, 6.07) is 15.9. The monoisotopic (exact) mass is 558 g/mol. The normalized spacial score (nSPS) is 20.0. The van der Waals surface area contributed by atoms with Crippen molar-refractivity contribution in [3.05, 3.63) is 60.2 Å². The zero-order valence-corrected chi connectivity index (χ0v) is 22.4. The minimum atomic E-state index is -1.14. The van der Waals surface area contributed by atoms with Gasteiger partial charge in [0.05, 0.1) is 6.33 Å². The molecule has 13 heteroatoms. The predicted molar refractivity (Wildman–Crippen MR) is 143 cm³/mol. The van der Waals surface area contributed by atoms with Gasteiger partial charge in [0.25, 0.3) is 0 Å². The molecular weight excluding hydrogens is 532 g/mol. The van der Waals surface area contributed by atoms with E-state index in [-0.39, 0.29) is 18.1 Å². The molecule has 13 nitrogen and oxygen atoms in total. The van der Waals surface area contributed by atoms with Crippen LogP contribution in [0.4, 0.5) is 5.82 Å². The van der Waals surface area contributed by atoms with Crippen LogP contribution in [-0.4, -0.2) is 62.3 Å². The van der Waals surface area contributed by atoms with Crippen molar-refractivity contribution >= 4 is 45.7 Å². The highest BCUT2D eigenvalue weighted by Crippen LogP contribution is 2.36. The summed E-state index contributed by atoms with van der Waals surface area (Å²) in [4.78, 5) is 48.6. The number of esters is 3. The molecule has 41 heavy (non-hydrogen) atoms. The van der Waals surface area contributed by atoms with Gasteiger partial charge in [0, 0.05) is 27.3 Å². The van der Waals surface area contributed by atoms with E-state index >= 15 is 0 Å². The highest BCUT2D eigenvalue weighted by atomic mass is 16.7. The van der Waals surface area contributed by atoms with Crippen LogP contribution in [0.3, 0.4) is 0 Å². The van der Waals surface area contributed by atoms with Gasteiger partial charge in [-0.15, -0.1) is 0 Å². The third-order valence-electron chi connectivity index (χ3n) is 6.46. The Morgan fingerprint density at radius 3 is 2.46 bits per heavy atom. The Kier molecular flexibility index (Phi) is 7.75. The van der Waals surface area contributed by atoms with E-state index in [1.165, 1.54) is 31.7 Å². The van der Waals surface area contributed by atoms with E-state index in [0.29, 0.717) is 17.9 Å². The van der Waals surface area contributed by atoms with Crippen molar-refractivity contribution in [3.8, 4) is 6.07 Å². The van der Waals surface area contributed by atoms with E-state index in [1.54, 1.807) is 0 Å². The van der Waals surface area contributed by atoms with E-state index in [1.807, 2.05) is 48.5 Å². The van der Waals surface area contributed by atoms with Crippen LogP contribution in [0.1, 0.15) is 38.4 Å². The molecule has 0 spiro atoms. The van der Waals surface area contributed by atoms with E-state index in [4.69, 9.17) is 18.9 Å². The summed E-state index contributed by atoms with van der Waals surface area (Å²) in [6.07, 6.45) is -2.87. The number of anilines is 1. The standard InChI is InChI=1S/C28H26N6O7/c1-15(35)38-13-21-24(39-16(2)36)25(40-17(3)37)28(41-21)34-14-31-23-26(32-22(11-29)33-27(23)34)30-12-19-9-6-8-18-7-4-5-10-20(18)19/h4-10,14,21,24-25,28H,12-13H2,1-3H3,(H,30,32,33)/t21-,24-,25-,28-/m1/s1. The molecule has 0 radical (unpaired) electrons. The Labute approximate surface area is 234 Å². The average Bonchev–Trinajstić information content (AvgIpc) is 3.51. The molecule has 0 saturated carbocycles. The van der Waals surface area contributed by atoms with Crippen molar-refractivity contribution in [2.24, 2.45) is 0 Å². The van der Waals surface area contributed by atoms with Crippen LogP contribution in [-0.2, 0) is 39.9 Å². The molecule has 2 aromatic heterocycles. The molecule has 4 aromatic rings. The fourth-order valence-corrected chi connectivity index (χ4v) is 4.82. The molecule has 0 amide bonds. The molecule has 210 valence electrons. The van der Waals surface area contributed by atoms with E-state index < -0.39 is 42.4 Å². The Morgan fingerprint density at radius 2 is 1.73 bits per heavy atom. The van der Waals surface area contributed by atoms with Crippen molar-refractivity contribution < 1.29 is 33.3 Å². The summed E-state index contributed by atoms with van der Waals surface area (Å²) in [5.74, 6) is -1.68. The number of fused-ring (bicyclic) bond motifs is 2. The first-order valence-electron chi connectivity index (χ1n) is 12.7. The third kappa shape index (κ3) is 5.78. The molecule has 1 saturated heterocycles. The zero-order chi connectivity index (χ0) is 29.1. The summed E-state index contributed by atoms with van der Waals surface area (Å²) in [6.45, 7) is 3.77. The molecule has 0 unspecified atom stereocenters. The molecule has 1 N–H and O–H groups in total. The number of nitrogens with one attached hydrogen (secondary N) is 1. The van der Waals surface area contributed by atoms with Crippen LogP contribution in [0.25, 0.3) is 21.9 Å². The van der Waals surface area contributed by atoms with Crippen LogP contribution in [0.15, 0.2) is 48.8 Å². The van der Waals surface area contributed by atoms with Crippen molar-refractivity contribution in [3.63, 3.8) is 0 Å². The van der Waals surface area contributed by atoms with E-state index in [2.05, 4.69) is 20.3 Å². The lowest BCUT2D eigenvalue weighted by Crippen LogP contribution is -2.40. The van der Waals surface area contributed by atoms with Gasteiger partial charge in [0.2, 0.25) is 5.82 Å². The largest absolute Gasteiger partial charge is 0.463 e. The number of hydrogen-bond donors (Lipinski definition) is 1. The summed E-state index contributed by atoms with van der Waals surface area (Å²) in [5.41, 5.74) is 1.56. The van der Waals surface area contributed by atoms with Gasteiger partial charge >= 0.3 is 17.9 Å². The van der Waals surface area contributed by atoms with Gasteiger partial charge in [-0.05, 0) is 16.3 Å². The Hall–Kier alpha value is -5.09. The number of hydrogen-bond acceptors (Lipinski definition) is 12. The first kappa shape index (κ1) is 27.5. The number of nitriles is 1. The number of carbonyl (C=O) groups excluding carboxylic acids is 3. The second-order valence-corrected chi connectivity index (χ2v) is 9.34. The van der Waals surface area contributed by atoms with Crippen molar-refractivity contribution in [2.45, 2.75) is 51.9 Å². The Morgan fingerprint density at radius 1 is 1.00 bits per heavy atom. The molecule has 2 aromatic carbocycles. The van der Waals surface area contributed by atoms with Crippen LogP contribution in [0.2, 0.25) is 0 Å². The molecule has 0 aliphatic carbocycles. The number of nitrogens with zero attached hydrogens (tertiary/aromatic N) is 5. The van der Waals surface area contributed by atoms with Gasteiger partial charge in [-0.3, -0.25) is 19.0 Å². The van der Waals surface area contributed by atoms with Gasteiger partial charge in [0.1, 0.15) is 18.8 Å². The first-order chi connectivity index (χ1) is 19.7. The number of imidazole rings is 1. The highest BCUT2D eigenvalue weighted by Gasteiger charge is 2.51. The quantitative estimate of drug-likeness (QED) is 0.248. The summed E-state index contributed by atoms with van der Waals surface area (Å²) in [7, 11) is 0. The molecule has 1 fully saturated rings. The lowest BCUT2D eigenvalue weighted by molar-refractivity contribution is -0.166. The topological polar surface area (TPSA) is 168 Å². The summed E-state index contributed by atoms with van der Waals surface area (Å²) < 4.78 is 23.6. The molecular formula is C28H26N6O7. The maximum absolute atomic E-state index is 12.0. The molecule has 3 heterocycles. The van der Waals surface area contributed by atoms with E-state index in [9.17, 15) is 19.6 Å². The van der Waals surface area contributed by atoms with Gasteiger partial charge in [-0.25, -0.2) is 4.98 Å². The molecule has 1 aliphatic rings. The fraction of sp³-hybridized carbons (Fsp3) is 0.321. The minimum Gasteiger partial charge on any atom is -0.463 e. The number of aromatic nitrogens is 4. The summed E-state index contributed by atoms with van der Waals surface area (Å²) in [5, 5.41) is 15.1. The molecule has 5 rings (SSSR count). The maximum Gasteiger partial charge on any atom is 0.303 e. The van der Waals surface area contributed by atoms with Gasteiger partial charge in [-0.1, -0.05) is 42.5 Å². The second kappa shape index (κ2) is 11.6. The van der Waals surface area contributed by atoms with Crippen molar-refractivity contribution in [1.82, 2.24) is 19.5 Å². The Bertz CT molecular complexity index is 1670. The van der Waals surface area contributed by atoms with E-state index in [0.717, 1.165) is 16.3 Å². The SMILES string of the molecule is CC(=O)OC[C@H]1O[C@@H](n2cnc3c(NCc4cccc5ccccc45)nc(C#N)nc32)[C@H](OC(C)=O)[C@@H]1OC(C)=O. The molecule has 1 aliphatic heterocycles. The fourth-order valence-electron chi connectivity index (χ4n) is 4.82. The Balaban J connectivity index is 1.52. The number of carbonyl (C=O) groups is 3. The minimum absolute atomic E-state index is 0.130. The van der Waals surface area contributed by atoms with Crippen LogP contribution >= 0.6 is 0 Å². The van der Waals surface area contributed by atoms with Crippen LogP contribution in [0.5, 0.6) is 0 Å². The lowest BCUT2D eigenvalue weighted by atomic mass is 10.0. The van der Waals surface area contributed by atoms with Gasteiger partial charge in [-0.2, -0.15) is 15.2 Å².